The molecule has 0 spiro atoms. The molecule has 0 radical (unpaired) electrons. The van der Waals surface area contributed by atoms with E-state index in [0.717, 1.165) is 38.1 Å². The van der Waals surface area contributed by atoms with E-state index in [1.54, 1.807) is 0 Å². The van der Waals surface area contributed by atoms with E-state index in [-0.39, 0.29) is 24.0 Å². The largest absolute Gasteiger partial charge is 1.00 e. The van der Waals surface area contributed by atoms with E-state index in [4.69, 9.17) is 4.98 Å². The summed E-state index contributed by atoms with van der Waals surface area (Å²) in [6, 6.07) is 9.23. The summed E-state index contributed by atoms with van der Waals surface area (Å²) < 4.78 is 2.56. The van der Waals surface area contributed by atoms with Gasteiger partial charge < -0.3 is 38.7 Å². The predicted molar refractivity (Wildman–Crippen MR) is 120 cm³/mol. The van der Waals surface area contributed by atoms with Gasteiger partial charge in [0, 0.05) is 63.8 Å². The Morgan fingerprint density at radius 3 is 2.32 bits per heavy atom. The second-order valence-electron chi connectivity index (χ2n) is 7.81. The number of rotatable bonds is 3. The van der Waals surface area contributed by atoms with E-state index in [1.165, 1.54) is 37.4 Å². The number of hydrogen-bond acceptors (Lipinski definition) is 4. The SMILES string of the molecule is CCc1cc(N2CCN(C)CC2)cc2[s+]c3cc(N(C)C)cc(C)c3nc12.[I-]. The topological polar surface area (TPSA) is 22.6 Å². The van der Waals surface area contributed by atoms with Crippen molar-refractivity contribution in [3.63, 3.8) is 0 Å². The number of aromatic nitrogens is 1. The maximum absolute atomic E-state index is 5.11. The maximum Gasteiger partial charge on any atom is 0.259 e. The summed E-state index contributed by atoms with van der Waals surface area (Å²) in [4.78, 5) is 12.2. The highest BCUT2D eigenvalue weighted by Gasteiger charge is 2.22. The van der Waals surface area contributed by atoms with Gasteiger partial charge in [-0.1, -0.05) is 6.92 Å². The molecule has 1 aromatic heterocycles. The summed E-state index contributed by atoms with van der Waals surface area (Å²) in [5.74, 6) is 0. The van der Waals surface area contributed by atoms with Crippen LogP contribution in [0, 0.1) is 6.92 Å². The van der Waals surface area contributed by atoms with Crippen LogP contribution in [0.4, 0.5) is 11.4 Å². The Morgan fingerprint density at radius 1 is 1.00 bits per heavy atom. The predicted octanol–water partition coefficient (Wildman–Crippen LogP) is 1.42. The van der Waals surface area contributed by atoms with Gasteiger partial charge in [-0.3, -0.25) is 0 Å². The van der Waals surface area contributed by atoms with Crippen molar-refractivity contribution in [3.05, 3.63) is 35.4 Å². The first-order valence-electron chi connectivity index (χ1n) is 9.78. The van der Waals surface area contributed by atoms with Gasteiger partial charge >= 0.3 is 0 Å². The highest BCUT2D eigenvalue weighted by Crippen LogP contribution is 2.35. The third-order valence-electron chi connectivity index (χ3n) is 5.60. The molecule has 150 valence electrons. The van der Waals surface area contributed by atoms with Gasteiger partial charge in [-0.2, -0.15) is 0 Å². The van der Waals surface area contributed by atoms with Crippen molar-refractivity contribution in [3.8, 4) is 0 Å². The molecule has 0 bridgehead atoms. The quantitative estimate of drug-likeness (QED) is 0.304. The van der Waals surface area contributed by atoms with Gasteiger partial charge in [-0.15, -0.1) is 0 Å². The Kier molecular flexibility index (Phi) is 6.61. The first kappa shape index (κ1) is 21.5. The van der Waals surface area contributed by atoms with Gasteiger partial charge in [0.1, 0.15) is 11.0 Å². The van der Waals surface area contributed by atoms with Crippen LogP contribution in [0.3, 0.4) is 0 Å². The number of hydrogen-bond donors (Lipinski definition) is 0. The number of anilines is 2. The fourth-order valence-corrected chi connectivity index (χ4v) is 4.98. The first-order valence-corrected chi connectivity index (χ1v) is 10.6. The lowest BCUT2D eigenvalue weighted by Crippen LogP contribution is -3.00. The summed E-state index contributed by atoms with van der Waals surface area (Å²) in [6.07, 6.45) is 1.01. The molecule has 1 aliphatic heterocycles. The molecule has 0 amide bonds. The fraction of sp³-hybridized carbons (Fsp3) is 0.455. The second-order valence-corrected chi connectivity index (χ2v) is 8.90. The zero-order valence-electron chi connectivity index (χ0n) is 17.4. The van der Waals surface area contributed by atoms with Crippen molar-refractivity contribution in [2.75, 3.05) is 57.1 Å². The van der Waals surface area contributed by atoms with Gasteiger partial charge in [0.15, 0.2) is 0 Å². The standard InChI is InChI=1S/C22H29N4S.HI/c1-6-16-12-18(26-9-7-25(5)8-10-26)14-20-22(16)23-21-15(2)11-17(24(3)4)13-19(21)27-20;/h11-14H,6-10H2,1-5H3;1H/q+1;/p-1. The Hall–Kier alpha value is -1.25. The number of piperazine rings is 1. The van der Waals surface area contributed by atoms with Gasteiger partial charge in [0.2, 0.25) is 11.3 Å². The fourth-order valence-electron chi connectivity index (χ4n) is 3.81. The molecule has 1 aliphatic rings. The Morgan fingerprint density at radius 2 is 1.68 bits per heavy atom. The van der Waals surface area contributed by atoms with E-state index in [2.05, 4.69) is 74.0 Å². The zero-order valence-corrected chi connectivity index (χ0v) is 20.4. The lowest BCUT2D eigenvalue weighted by Gasteiger charge is -2.34. The molecule has 2 heterocycles. The van der Waals surface area contributed by atoms with Crippen LogP contribution in [0.15, 0.2) is 24.3 Å². The van der Waals surface area contributed by atoms with Crippen LogP contribution in [0.2, 0.25) is 0 Å². The molecular formula is C22H29IN4S. The van der Waals surface area contributed by atoms with Gasteiger partial charge in [0.05, 0.1) is 0 Å². The Balaban J connectivity index is 0.00000225. The molecule has 0 atom stereocenters. The molecule has 1 fully saturated rings. The van der Waals surface area contributed by atoms with Crippen LogP contribution in [0.25, 0.3) is 20.4 Å². The van der Waals surface area contributed by atoms with Gasteiger partial charge in [-0.25, -0.2) is 4.98 Å². The van der Waals surface area contributed by atoms with Crippen LogP contribution in [-0.2, 0) is 6.42 Å². The lowest BCUT2D eigenvalue weighted by atomic mass is 10.1. The van der Waals surface area contributed by atoms with Crippen molar-refractivity contribution < 1.29 is 24.0 Å². The number of nitrogens with zero attached hydrogens (tertiary/aromatic N) is 4. The van der Waals surface area contributed by atoms with Crippen LogP contribution in [0.5, 0.6) is 0 Å². The van der Waals surface area contributed by atoms with Crippen LogP contribution in [-0.4, -0.2) is 57.2 Å². The molecule has 0 saturated carbocycles. The molecule has 0 aliphatic carbocycles. The first-order chi connectivity index (χ1) is 13.0. The van der Waals surface area contributed by atoms with Crippen molar-refractivity contribution >= 4 is 43.1 Å². The zero-order chi connectivity index (χ0) is 19.1. The highest BCUT2D eigenvalue weighted by molar-refractivity contribution is 7.24. The normalized spacial score (nSPS) is 15.1. The minimum Gasteiger partial charge on any atom is -1.00 e. The summed E-state index contributed by atoms with van der Waals surface area (Å²) >= 11 is 1.88. The molecule has 3 aromatic rings. The number of likely N-dealkylation sites (N-methyl/N-ethyl adjacent to an activating group) is 1. The van der Waals surface area contributed by atoms with Crippen LogP contribution >= 0.6 is 11.3 Å². The summed E-state index contributed by atoms with van der Waals surface area (Å²) in [5, 5.41) is 0. The van der Waals surface area contributed by atoms with Gasteiger partial charge in [0.25, 0.3) is 9.40 Å². The smallest absolute Gasteiger partial charge is 0.259 e. The second kappa shape index (κ2) is 8.63. The van der Waals surface area contributed by atoms with Crippen LogP contribution in [0.1, 0.15) is 18.1 Å². The number of aryl methyl sites for hydroxylation is 2. The number of halogens is 1. The molecule has 4 rings (SSSR count). The van der Waals surface area contributed by atoms with Crippen LogP contribution < -0.4 is 33.8 Å². The maximum atomic E-state index is 5.11. The van der Waals surface area contributed by atoms with E-state index in [0.29, 0.717) is 0 Å². The van der Waals surface area contributed by atoms with E-state index < -0.39 is 0 Å². The molecule has 28 heavy (non-hydrogen) atoms. The van der Waals surface area contributed by atoms with E-state index in [1.807, 2.05) is 11.3 Å². The Labute approximate surface area is 189 Å². The third-order valence-corrected chi connectivity index (χ3v) is 6.66. The molecule has 0 unspecified atom stereocenters. The van der Waals surface area contributed by atoms with Crippen molar-refractivity contribution in [2.45, 2.75) is 20.3 Å². The lowest BCUT2D eigenvalue weighted by molar-refractivity contribution is -0.00000556. The summed E-state index contributed by atoms with van der Waals surface area (Å²) in [7, 11) is 6.40. The van der Waals surface area contributed by atoms with E-state index in [9.17, 15) is 0 Å². The molecule has 2 aromatic carbocycles. The third kappa shape index (κ3) is 4.04. The molecule has 6 heteroatoms. The molecule has 4 nitrogen and oxygen atoms in total. The van der Waals surface area contributed by atoms with Crippen molar-refractivity contribution in [1.82, 2.24) is 9.88 Å². The molecule has 1 saturated heterocycles. The Bertz CT molecular complexity index is 997. The van der Waals surface area contributed by atoms with E-state index >= 15 is 0 Å². The summed E-state index contributed by atoms with van der Waals surface area (Å²) in [5.41, 5.74) is 7.51. The van der Waals surface area contributed by atoms with Gasteiger partial charge in [-0.05, 0) is 43.7 Å². The number of fused-ring (bicyclic) bond motifs is 2. The molecule has 0 N–H and O–H groups in total. The van der Waals surface area contributed by atoms with Crippen molar-refractivity contribution in [1.29, 1.82) is 0 Å². The summed E-state index contributed by atoms with van der Waals surface area (Å²) in [6.45, 7) is 8.86. The minimum atomic E-state index is 0. The average Bonchev–Trinajstić information content (AvgIpc) is 2.66. The minimum absolute atomic E-state index is 0. The highest BCUT2D eigenvalue weighted by atomic mass is 127. The molecular weight excluding hydrogens is 479 g/mol. The number of benzene rings is 2. The average molecular weight is 508 g/mol. The van der Waals surface area contributed by atoms with Crippen molar-refractivity contribution in [2.24, 2.45) is 0 Å². The monoisotopic (exact) mass is 508 g/mol.